The normalized spacial score (nSPS) is 10.4. The molecule has 3 rings (SSSR count). The molecule has 0 aliphatic carbocycles. The van der Waals surface area contributed by atoms with E-state index in [1.165, 1.54) is 0 Å². The number of aromatic nitrogens is 1. The smallest absolute Gasteiger partial charge is 0.267 e. The number of hydrogen-bond acceptors (Lipinski definition) is 4. The highest BCUT2D eigenvalue weighted by atomic mass is 35.5. The molecule has 2 aromatic carbocycles. The molecule has 0 spiro atoms. The van der Waals surface area contributed by atoms with Crippen LogP contribution in [0.15, 0.2) is 48.5 Å². The maximum Gasteiger partial charge on any atom is 0.267 e. The average Bonchev–Trinajstić information content (AvgIpc) is 2.98. The Balaban J connectivity index is 1.71. The molecule has 0 saturated carbocycles. The first-order valence-corrected chi connectivity index (χ1v) is 9.04. The first-order chi connectivity index (χ1) is 12.4. The molecular formula is C19H16ClN3O2S. The van der Waals surface area contributed by atoms with Crippen LogP contribution in [0.4, 0.5) is 10.8 Å². The molecule has 2 N–H and O–H groups in total. The molecule has 0 aliphatic rings. The zero-order valence-electron chi connectivity index (χ0n) is 14.2. The Labute approximate surface area is 160 Å². The largest absolute Gasteiger partial charge is 0.321 e. The number of halogens is 1. The van der Waals surface area contributed by atoms with E-state index in [2.05, 4.69) is 15.6 Å². The Hall–Kier alpha value is -2.70. The summed E-state index contributed by atoms with van der Waals surface area (Å²) in [6.45, 7) is 3.69. The lowest BCUT2D eigenvalue weighted by Crippen LogP contribution is -2.11. The average molecular weight is 386 g/mol. The van der Waals surface area contributed by atoms with Gasteiger partial charge in [-0.25, -0.2) is 4.98 Å². The van der Waals surface area contributed by atoms with Gasteiger partial charge < -0.3 is 5.32 Å². The molecule has 0 fully saturated rings. The lowest BCUT2D eigenvalue weighted by atomic mass is 10.1. The molecule has 0 saturated heterocycles. The van der Waals surface area contributed by atoms with E-state index in [1.54, 1.807) is 43.3 Å². The lowest BCUT2D eigenvalue weighted by Gasteiger charge is -2.03. The third kappa shape index (κ3) is 4.28. The minimum absolute atomic E-state index is 0.261. The van der Waals surface area contributed by atoms with Crippen molar-refractivity contribution in [1.82, 2.24) is 4.98 Å². The van der Waals surface area contributed by atoms with Crippen LogP contribution in [0.2, 0.25) is 5.02 Å². The molecule has 132 valence electrons. The van der Waals surface area contributed by atoms with Crippen LogP contribution < -0.4 is 10.6 Å². The van der Waals surface area contributed by atoms with E-state index >= 15 is 0 Å². The zero-order chi connectivity index (χ0) is 18.7. The number of nitrogens with one attached hydrogen (secondary N) is 2. The third-order valence-electron chi connectivity index (χ3n) is 3.64. The van der Waals surface area contributed by atoms with Crippen molar-refractivity contribution in [3.8, 4) is 0 Å². The van der Waals surface area contributed by atoms with E-state index < -0.39 is 0 Å². The second-order valence-electron chi connectivity index (χ2n) is 5.71. The van der Waals surface area contributed by atoms with E-state index in [-0.39, 0.29) is 11.8 Å². The van der Waals surface area contributed by atoms with Gasteiger partial charge in [-0.1, -0.05) is 40.6 Å². The quantitative estimate of drug-likeness (QED) is 0.669. The second kappa shape index (κ2) is 7.68. The molecule has 1 heterocycles. The van der Waals surface area contributed by atoms with Crippen molar-refractivity contribution in [2.24, 2.45) is 0 Å². The van der Waals surface area contributed by atoms with E-state index in [1.807, 2.05) is 19.1 Å². The molecule has 3 aromatic rings. The summed E-state index contributed by atoms with van der Waals surface area (Å²) in [5.41, 5.74) is 2.81. The Morgan fingerprint density at radius 2 is 1.58 bits per heavy atom. The van der Waals surface area contributed by atoms with Gasteiger partial charge in [-0.15, -0.1) is 0 Å². The second-order valence-corrected chi connectivity index (χ2v) is 7.15. The van der Waals surface area contributed by atoms with Crippen LogP contribution in [0, 0.1) is 13.8 Å². The number of hydrogen-bond donors (Lipinski definition) is 2. The summed E-state index contributed by atoms with van der Waals surface area (Å²) in [5, 5.41) is 6.51. The van der Waals surface area contributed by atoms with Crippen LogP contribution in [0.3, 0.4) is 0 Å². The predicted molar refractivity (Wildman–Crippen MR) is 105 cm³/mol. The van der Waals surface area contributed by atoms with Crippen molar-refractivity contribution in [3.63, 3.8) is 0 Å². The predicted octanol–water partition coefficient (Wildman–Crippen LogP) is 4.92. The number of nitrogens with zero attached hydrogens (tertiary/aromatic N) is 1. The fraction of sp³-hybridized carbons (Fsp3) is 0.105. The lowest BCUT2D eigenvalue weighted by molar-refractivity contribution is 0.102. The van der Waals surface area contributed by atoms with Gasteiger partial charge in [-0.2, -0.15) is 0 Å². The number of anilines is 2. The van der Waals surface area contributed by atoms with Gasteiger partial charge in [0, 0.05) is 16.3 Å². The van der Waals surface area contributed by atoms with Gasteiger partial charge in [0.1, 0.15) is 4.88 Å². The first-order valence-electron chi connectivity index (χ1n) is 7.85. The molecule has 0 atom stereocenters. The molecule has 1 aromatic heterocycles. The maximum absolute atomic E-state index is 12.4. The van der Waals surface area contributed by atoms with Crippen molar-refractivity contribution in [2.45, 2.75) is 13.8 Å². The van der Waals surface area contributed by atoms with Crippen molar-refractivity contribution in [1.29, 1.82) is 0 Å². The summed E-state index contributed by atoms with van der Waals surface area (Å²) in [7, 11) is 0. The summed E-state index contributed by atoms with van der Waals surface area (Å²) in [4.78, 5) is 29.4. The fourth-order valence-electron chi connectivity index (χ4n) is 2.26. The standard InChI is InChI=1S/C19H16ClN3O2S/c1-11-3-5-13(6-4-11)17(24)23-19-21-12(2)16(26-19)18(25)22-15-9-7-14(20)8-10-15/h3-10H,1-2H3,(H,22,25)(H,21,23,24). The summed E-state index contributed by atoms with van der Waals surface area (Å²) < 4.78 is 0. The number of carbonyl (C=O) groups is 2. The highest BCUT2D eigenvalue weighted by molar-refractivity contribution is 7.17. The summed E-state index contributed by atoms with van der Waals surface area (Å²) in [5.74, 6) is -0.540. The van der Waals surface area contributed by atoms with Crippen molar-refractivity contribution < 1.29 is 9.59 Å². The van der Waals surface area contributed by atoms with Crippen LogP contribution in [0.5, 0.6) is 0 Å². The first kappa shape index (κ1) is 18.1. The molecule has 0 radical (unpaired) electrons. The van der Waals surface area contributed by atoms with E-state index in [0.29, 0.717) is 32.0 Å². The van der Waals surface area contributed by atoms with Gasteiger partial charge in [0.05, 0.1) is 5.69 Å². The van der Waals surface area contributed by atoms with Crippen molar-refractivity contribution in [2.75, 3.05) is 10.6 Å². The Morgan fingerprint density at radius 3 is 2.23 bits per heavy atom. The number of aryl methyl sites for hydroxylation is 2. The van der Waals surface area contributed by atoms with Gasteiger partial charge >= 0.3 is 0 Å². The van der Waals surface area contributed by atoms with E-state index in [4.69, 9.17) is 11.6 Å². The monoisotopic (exact) mass is 385 g/mol. The summed E-state index contributed by atoms with van der Waals surface area (Å²) in [6, 6.07) is 14.1. The molecule has 0 aliphatic heterocycles. The molecule has 5 nitrogen and oxygen atoms in total. The molecule has 26 heavy (non-hydrogen) atoms. The third-order valence-corrected chi connectivity index (χ3v) is 4.96. The van der Waals surface area contributed by atoms with Crippen LogP contribution in [-0.2, 0) is 0 Å². The number of carbonyl (C=O) groups excluding carboxylic acids is 2. The molecule has 0 unspecified atom stereocenters. The van der Waals surface area contributed by atoms with Crippen LogP contribution in [0.1, 0.15) is 31.3 Å². The van der Waals surface area contributed by atoms with Crippen LogP contribution in [-0.4, -0.2) is 16.8 Å². The van der Waals surface area contributed by atoms with Crippen molar-refractivity contribution in [3.05, 3.63) is 75.3 Å². The van der Waals surface area contributed by atoms with Crippen LogP contribution >= 0.6 is 22.9 Å². The highest BCUT2D eigenvalue weighted by Crippen LogP contribution is 2.24. The van der Waals surface area contributed by atoms with E-state index in [0.717, 1.165) is 16.9 Å². The van der Waals surface area contributed by atoms with Gasteiger partial charge in [-0.05, 0) is 50.2 Å². The van der Waals surface area contributed by atoms with Crippen molar-refractivity contribution >= 4 is 45.6 Å². The van der Waals surface area contributed by atoms with Gasteiger partial charge in [0.25, 0.3) is 11.8 Å². The fourth-order valence-corrected chi connectivity index (χ4v) is 3.24. The Kier molecular flexibility index (Phi) is 5.35. The zero-order valence-corrected chi connectivity index (χ0v) is 15.7. The van der Waals surface area contributed by atoms with Gasteiger partial charge in [-0.3, -0.25) is 14.9 Å². The Bertz CT molecular complexity index is 950. The molecule has 2 amide bonds. The topological polar surface area (TPSA) is 71.1 Å². The molecular weight excluding hydrogens is 370 g/mol. The van der Waals surface area contributed by atoms with E-state index in [9.17, 15) is 9.59 Å². The number of rotatable bonds is 4. The minimum atomic E-state index is -0.279. The highest BCUT2D eigenvalue weighted by Gasteiger charge is 2.17. The number of thiazole rings is 1. The summed E-state index contributed by atoms with van der Waals surface area (Å²) >= 11 is 6.98. The minimum Gasteiger partial charge on any atom is -0.321 e. The van der Waals surface area contributed by atoms with Gasteiger partial charge in [0.15, 0.2) is 5.13 Å². The molecule has 0 bridgehead atoms. The summed E-state index contributed by atoms with van der Waals surface area (Å²) in [6.07, 6.45) is 0. The van der Waals surface area contributed by atoms with Crippen LogP contribution in [0.25, 0.3) is 0 Å². The Morgan fingerprint density at radius 1 is 0.923 bits per heavy atom. The SMILES string of the molecule is Cc1ccc(C(=O)Nc2nc(C)c(C(=O)Nc3ccc(Cl)cc3)s2)cc1. The maximum atomic E-state index is 12.4. The molecule has 7 heteroatoms. The number of benzene rings is 2. The number of amides is 2. The van der Waals surface area contributed by atoms with Gasteiger partial charge in [0.2, 0.25) is 0 Å².